The molecule has 0 aliphatic carbocycles. The summed E-state index contributed by atoms with van der Waals surface area (Å²) in [4.78, 5) is 28.1. The van der Waals surface area contributed by atoms with Crippen LogP contribution in [0.15, 0.2) is 16.0 Å². The van der Waals surface area contributed by atoms with Crippen molar-refractivity contribution in [3.05, 3.63) is 22.1 Å². The second-order valence-corrected chi connectivity index (χ2v) is 6.24. The van der Waals surface area contributed by atoms with E-state index >= 15 is 0 Å². The summed E-state index contributed by atoms with van der Waals surface area (Å²) < 4.78 is 1.65. The van der Waals surface area contributed by atoms with Gasteiger partial charge < -0.3 is 5.32 Å². The molecule has 0 bridgehead atoms. The highest BCUT2D eigenvalue weighted by molar-refractivity contribution is 7.99. The van der Waals surface area contributed by atoms with Crippen molar-refractivity contribution in [2.45, 2.75) is 38.4 Å². The zero-order valence-electron chi connectivity index (χ0n) is 11.5. The lowest BCUT2D eigenvalue weighted by molar-refractivity contribution is -0.121. The summed E-state index contributed by atoms with van der Waals surface area (Å²) in [5.74, 6) is 1.17. The van der Waals surface area contributed by atoms with Gasteiger partial charge in [0.2, 0.25) is 5.91 Å². The number of aryl methyl sites for hydroxylation is 1. The smallest absolute Gasteiger partial charge is 0.254 e. The van der Waals surface area contributed by atoms with Gasteiger partial charge >= 0.3 is 0 Å². The van der Waals surface area contributed by atoms with Crippen LogP contribution in [-0.2, 0) is 4.79 Å². The predicted octanol–water partition coefficient (Wildman–Crippen LogP) is 1.36. The fourth-order valence-electron chi connectivity index (χ4n) is 2.02. The van der Waals surface area contributed by atoms with Gasteiger partial charge in [-0.2, -0.15) is 0 Å². The van der Waals surface area contributed by atoms with Crippen molar-refractivity contribution in [2.24, 2.45) is 5.92 Å². The Morgan fingerprint density at radius 1 is 1.63 bits per heavy atom. The molecular formula is C13H19N3O2S. The number of carbonyl (C=O) groups is 1. The Morgan fingerprint density at radius 3 is 3.05 bits per heavy atom. The fraction of sp³-hybridized carbons (Fsp3) is 0.615. The van der Waals surface area contributed by atoms with Crippen molar-refractivity contribution in [3.63, 3.8) is 0 Å². The molecule has 0 aromatic carbocycles. The van der Waals surface area contributed by atoms with Crippen LogP contribution in [0.1, 0.15) is 32.0 Å². The maximum Gasteiger partial charge on any atom is 0.254 e. The van der Waals surface area contributed by atoms with Crippen LogP contribution in [0.4, 0.5) is 0 Å². The first-order valence-corrected chi connectivity index (χ1v) is 7.45. The molecular weight excluding hydrogens is 262 g/mol. The van der Waals surface area contributed by atoms with Crippen LogP contribution in [-0.4, -0.2) is 27.8 Å². The normalized spacial score (nSPS) is 17.6. The monoisotopic (exact) mass is 281 g/mol. The summed E-state index contributed by atoms with van der Waals surface area (Å²) in [5.41, 5.74) is 0.669. The minimum Gasteiger partial charge on any atom is -0.356 e. The van der Waals surface area contributed by atoms with E-state index < -0.39 is 0 Å². The van der Waals surface area contributed by atoms with E-state index in [0.29, 0.717) is 18.9 Å². The van der Waals surface area contributed by atoms with Crippen molar-refractivity contribution in [1.82, 2.24) is 14.9 Å². The Kier molecular flexibility index (Phi) is 4.29. The maximum atomic E-state index is 12.0. The van der Waals surface area contributed by atoms with Crippen LogP contribution >= 0.6 is 11.8 Å². The molecule has 1 aliphatic rings. The van der Waals surface area contributed by atoms with E-state index in [1.54, 1.807) is 16.3 Å². The molecule has 1 aliphatic heterocycles. The number of rotatable bonds is 4. The van der Waals surface area contributed by atoms with E-state index in [4.69, 9.17) is 0 Å². The molecule has 1 aromatic rings. The van der Waals surface area contributed by atoms with Gasteiger partial charge in [-0.25, -0.2) is 4.98 Å². The van der Waals surface area contributed by atoms with Crippen molar-refractivity contribution in [1.29, 1.82) is 0 Å². The SMILES string of the molecule is Cc1cc(=O)n2c(n1)SCC2CC(=O)NCC(C)C. The molecule has 0 radical (unpaired) electrons. The minimum absolute atomic E-state index is 0.000347. The zero-order chi connectivity index (χ0) is 14.0. The lowest BCUT2D eigenvalue weighted by Gasteiger charge is -2.14. The van der Waals surface area contributed by atoms with Crippen molar-refractivity contribution >= 4 is 17.7 Å². The first kappa shape index (κ1) is 14.1. The van der Waals surface area contributed by atoms with Gasteiger partial charge in [-0.15, -0.1) is 0 Å². The molecule has 2 rings (SSSR count). The number of fused-ring (bicyclic) bond motifs is 1. The summed E-state index contributed by atoms with van der Waals surface area (Å²) in [6.07, 6.45) is 0.345. The summed E-state index contributed by atoms with van der Waals surface area (Å²) in [7, 11) is 0. The average molecular weight is 281 g/mol. The Labute approximate surface area is 116 Å². The third kappa shape index (κ3) is 3.37. The van der Waals surface area contributed by atoms with Crippen molar-refractivity contribution < 1.29 is 4.79 Å². The minimum atomic E-state index is -0.0761. The van der Waals surface area contributed by atoms with E-state index in [9.17, 15) is 9.59 Å². The molecule has 1 N–H and O–H groups in total. The van der Waals surface area contributed by atoms with Gasteiger partial charge in [0.15, 0.2) is 5.16 Å². The van der Waals surface area contributed by atoms with Crippen molar-refractivity contribution in [2.75, 3.05) is 12.3 Å². The number of thioether (sulfide) groups is 1. The van der Waals surface area contributed by atoms with Gasteiger partial charge in [0.1, 0.15) is 0 Å². The summed E-state index contributed by atoms with van der Waals surface area (Å²) in [5, 5.41) is 3.62. The van der Waals surface area contributed by atoms with Gasteiger partial charge in [-0.3, -0.25) is 14.2 Å². The number of nitrogens with zero attached hydrogens (tertiary/aromatic N) is 2. The molecule has 0 fully saturated rings. The summed E-state index contributed by atoms with van der Waals surface area (Å²) in [6, 6.07) is 1.45. The maximum absolute atomic E-state index is 12.0. The standard InChI is InChI=1S/C13H19N3O2S/c1-8(2)6-14-11(17)5-10-7-19-13-15-9(3)4-12(18)16(10)13/h4,8,10H,5-7H2,1-3H3,(H,14,17). The fourth-order valence-corrected chi connectivity index (χ4v) is 3.21. The first-order valence-electron chi connectivity index (χ1n) is 6.47. The summed E-state index contributed by atoms with van der Waals surface area (Å²) >= 11 is 1.54. The molecule has 0 saturated heterocycles. The van der Waals surface area contributed by atoms with E-state index in [1.807, 2.05) is 6.92 Å². The van der Waals surface area contributed by atoms with E-state index in [1.165, 1.54) is 6.07 Å². The number of carbonyl (C=O) groups excluding carboxylic acids is 1. The van der Waals surface area contributed by atoms with E-state index in [-0.39, 0.29) is 17.5 Å². The topological polar surface area (TPSA) is 64.0 Å². The highest BCUT2D eigenvalue weighted by atomic mass is 32.2. The van der Waals surface area contributed by atoms with Crippen LogP contribution < -0.4 is 10.9 Å². The van der Waals surface area contributed by atoms with Crippen LogP contribution in [0.3, 0.4) is 0 Å². The molecule has 1 aromatic heterocycles. The first-order chi connectivity index (χ1) is 8.97. The molecule has 6 heteroatoms. The largest absolute Gasteiger partial charge is 0.356 e. The van der Waals surface area contributed by atoms with Gasteiger partial charge in [0.05, 0.1) is 6.04 Å². The number of aromatic nitrogens is 2. The third-order valence-electron chi connectivity index (χ3n) is 2.95. The van der Waals surface area contributed by atoms with Crippen LogP contribution in [0, 0.1) is 12.8 Å². The Morgan fingerprint density at radius 2 is 2.37 bits per heavy atom. The van der Waals surface area contributed by atoms with Gasteiger partial charge in [-0.05, 0) is 12.8 Å². The Balaban J connectivity index is 2.07. The molecule has 1 atom stereocenters. The average Bonchev–Trinajstić information content (AvgIpc) is 2.69. The van der Waals surface area contributed by atoms with Crippen LogP contribution in [0.5, 0.6) is 0 Å². The molecule has 1 amide bonds. The summed E-state index contributed by atoms with van der Waals surface area (Å²) in [6.45, 7) is 6.59. The third-order valence-corrected chi connectivity index (χ3v) is 4.04. The molecule has 2 heterocycles. The number of amides is 1. The molecule has 1 unspecified atom stereocenters. The van der Waals surface area contributed by atoms with Crippen molar-refractivity contribution in [3.8, 4) is 0 Å². The lowest BCUT2D eigenvalue weighted by Crippen LogP contribution is -2.32. The van der Waals surface area contributed by atoms with Crippen LogP contribution in [0.25, 0.3) is 0 Å². The quantitative estimate of drug-likeness (QED) is 0.846. The second-order valence-electron chi connectivity index (χ2n) is 5.26. The van der Waals surface area contributed by atoms with Gasteiger partial charge in [0, 0.05) is 30.5 Å². The van der Waals surface area contributed by atoms with Gasteiger partial charge in [-0.1, -0.05) is 25.6 Å². The van der Waals surface area contributed by atoms with E-state index in [2.05, 4.69) is 24.1 Å². The molecule has 5 nitrogen and oxygen atoms in total. The van der Waals surface area contributed by atoms with E-state index in [0.717, 1.165) is 16.6 Å². The molecule has 0 spiro atoms. The second kappa shape index (κ2) is 5.77. The predicted molar refractivity (Wildman–Crippen MR) is 75.5 cm³/mol. The highest BCUT2D eigenvalue weighted by Crippen LogP contribution is 2.31. The number of nitrogens with one attached hydrogen (secondary N) is 1. The van der Waals surface area contributed by atoms with Crippen LogP contribution in [0.2, 0.25) is 0 Å². The number of hydrogen-bond donors (Lipinski definition) is 1. The highest BCUT2D eigenvalue weighted by Gasteiger charge is 2.27. The number of hydrogen-bond acceptors (Lipinski definition) is 4. The Hall–Kier alpha value is -1.30. The van der Waals surface area contributed by atoms with Gasteiger partial charge in [0.25, 0.3) is 5.56 Å². The molecule has 0 saturated carbocycles. The molecule has 104 valence electrons. The lowest BCUT2D eigenvalue weighted by atomic mass is 10.2. The zero-order valence-corrected chi connectivity index (χ0v) is 12.3. The molecule has 19 heavy (non-hydrogen) atoms. The Bertz CT molecular complexity index is 539.